The molecule has 1 aliphatic rings. The Morgan fingerprint density at radius 2 is 1.73 bits per heavy atom. The smallest absolute Gasteiger partial charge is 0.294 e. The first-order valence-corrected chi connectivity index (χ1v) is 14.5. The minimum Gasteiger partial charge on any atom is -0.490 e. The molecule has 1 fully saturated rings. The zero-order valence-corrected chi connectivity index (χ0v) is 24.5. The Morgan fingerprint density at radius 3 is 2.52 bits per heavy atom. The number of benzene rings is 4. The molecule has 1 heterocycles. The minimum absolute atomic E-state index is 0.235. The third-order valence-electron chi connectivity index (χ3n) is 6.09. The molecule has 0 saturated carbocycles. The van der Waals surface area contributed by atoms with Gasteiger partial charge < -0.3 is 14.8 Å². The number of ether oxygens (including phenoxy) is 2. The number of thioether (sulfide) groups is 1. The lowest BCUT2D eigenvalue weighted by Crippen LogP contribution is -2.36. The number of halogens is 1. The molecule has 7 nitrogen and oxygen atoms in total. The summed E-state index contributed by atoms with van der Waals surface area (Å²) < 4.78 is 12.7. The first kappa shape index (κ1) is 27.7. The van der Waals surface area contributed by atoms with Crippen molar-refractivity contribution in [3.8, 4) is 11.5 Å². The van der Waals surface area contributed by atoms with Crippen LogP contribution < -0.4 is 14.8 Å². The monoisotopic (exact) mass is 664 g/mol. The van der Waals surface area contributed by atoms with E-state index < -0.39 is 17.1 Å². The van der Waals surface area contributed by atoms with E-state index in [0.29, 0.717) is 36.0 Å². The molecule has 0 bridgehead atoms. The maximum Gasteiger partial charge on any atom is 0.294 e. The molecule has 1 aliphatic heterocycles. The first-order valence-electron chi connectivity index (χ1n) is 12.6. The van der Waals surface area contributed by atoms with Crippen molar-refractivity contribution in [3.63, 3.8) is 0 Å². The van der Waals surface area contributed by atoms with Crippen molar-refractivity contribution in [2.75, 3.05) is 18.5 Å². The second-order valence-electron chi connectivity index (χ2n) is 8.88. The summed E-state index contributed by atoms with van der Waals surface area (Å²) in [6.07, 6.45) is 1.64. The summed E-state index contributed by atoms with van der Waals surface area (Å²) in [5.41, 5.74) is 2.34. The van der Waals surface area contributed by atoms with E-state index in [-0.39, 0.29) is 11.4 Å². The average Bonchev–Trinajstić information content (AvgIpc) is 3.20. The van der Waals surface area contributed by atoms with Crippen LogP contribution in [0, 0.1) is 3.57 Å². The Bertz CT molecular complexity index is 1620. The average molecular weight is 665 g/mol. The fourth-order valence-electron chi connectivity index (χ4n) is 4.26. The molecule has 0 atom stereocenters. The van der Waals surface area contributed by atoms with Crippen LogP contribution in [-0.4, -0.2) is 35.1 Å². The fraction of sp³-hybridized carbons (Fsp3) is 0.129. The number of imide groups is 1. The highest BCUT2D eigenvalue weighted by molar-refractivity contribution is 14.1. The largest absolute Gasteiger partial charge is 0.490 e. The van der Waals surface area contributed by atoms with E-state index in [1.165, 1.54) is 0 Å². The molecule has 3 amide bonds. The number of carbonyl (C=O) groups is 3. The molecule has 1 saturated heterocycles. The van der Waals surface area contributed by atoms with Gasteiger partial charge in [-0.2, -0.15) is 0 Å². The molecule has 4 aromatic rings. The van der Waals surface area contributed by atoms with Gasteiger partial charge in [0.05, 0.1) is 15.1 Å². The van der Waals surface area contributed by atoms with Crippen LogP contribution in [-0.2, 0) is 16.2 Å². The molecule has 0 spiro atoms. The van der Waals surface area contributed by atoms with E-state index in [0.717, 1.165) is 36.6 Å². The molecule has 9 heteroatoms. The van der Waals surface area contributed by atoms with Gasteiger partial charge in [-0.25, -0.2) is 0 Å². The molecule has 1 N–H and O–H groups in total. The molecular formula is C31H25IN2O5S. The number of nitrogens with one attached hydrogen (secondary N) is 1. The van der Waals surface area contributed by atoms with Gasteiger partial charge in [0.2, 0.25) is 5.91 Å². The number of nitrogens with zero attached hydrogens (tertiary/aromatic N) is 1. The molecule has 5 rings (SSSR count). The van der Waals surface area contributed by atoms with Gasteiger partial charge in [-0.3, -0.25) is 19.3 Å². The quantitative estimate of drug-likeness (QED) is 0.152. The van der Waals surface area contributed by atoms with Gasteiger partial charge in [-0.15, -0.1) is 0 Å². The summed E-state index contributed by atoms with van der Waals surface area (Å²) in [4.78, 5) is 39.8. The summed E-state index contributed by atoms with van der Waals surface area (Å²) in [5, 5.41) is 4.19. The minimum atomic E-state index is -0.513. The van der Waals surface area contributed by atoms with E-state index in [1.807, 2.05) is 79.7 Å². The van der Waals surface area contributed by atoms with Crippen LogP contribution in [0.1, 0.15) is 18.1 Å². The second-order valence-corrected chi connectivity index (χ2v) is 11.0. The Balaban J connectivity index is 1.31. The highest BCUT2D eigenvalue weighted by atomic mass is 127. The van der Waals surface area contributed by atoms with Gasteiger partial charge in [0.25, 0.3) is 11.1 Å². The van der Waals surface area contributed by atoms with Crippen molar-refractivity contribution in [1.82, 2.24) is 4.90 Å². The van der Waals surface area contributed by atoms with Crippen LogP contribution in [0.25, 0.3) is 16.8 Å². The van der Waals surface area contributed by atoms with Crippen molar-refractivity contribution in [1.29, 1.82) is 0 Å². The van der Waals surface area contributed by atoms with Gasteiger partial charge in [-0.05, 0) is 82.1 Å². The number of carbonyl (C=O) groups excluding carboxylic acids is 3. The number of rotatable bonds is 9. The van der Waals surface area contributed by atoms with Gasteiger partial charge in [-0.1, -0.05) is 66.7 Å². The van der Waals surface area contributed by atoms with Crippen LogP contribution in [0.3, 0.4) is 0 Å². The lowest BCUT2D eigenvalue weighted by Gasteiger charge is -2.15. The lowest BCUT2D eigenvalue weighted by atomic mass is 10.1. The maximum atomic E-state index is 13.1. The third-order valence-corrected chi connectivity index (χ3v) is 7.80. The lowest BCUT2D eigenvalue weighted by molar-refractivity contribution is -0.127. The van der Waals surface area contributed by atoms with Gasteiger partial charge in [0, 0.05) is 11.1 Å². The number of hydrogen-bond acceptors (Lipinski definition) is 6. The predicted molar refractivity (Wildman–Crippen MR) is 166 cm³/mol. The zero-order valence-electron chi connectivity index (χ0n) is 21.6. The Hall–Kier alpha value is -3.83. The topological polar surface area (TPSA) is 84.9 Å². The number of hydrogen-bond donors (Lipinski definition) is 1. The molecule has 0 aliphatic carbocycles. The first-order chi connectivity index (χ1) is 19.4. The summed E-state index contributed by atoms with van der Waals surface area (Å²) >= 11 is 2.98. The van der Waals surface area contributed by atoms with Crippen LogP contribution >= 0.6 is 34.4 Å². The predicted octanol–water partition coefficient (Wildman–Crippen LogP) is 7.10. The Kier molecular flexibility index (Phi) is 8.71. The summed E-state index contributed by atoms with van der Waals surface area (Å²) in [7, 11) is 0. The molecular weight excluding hydrogens is 639 g/mol. The molecule has 0 unspecified atom stereocenters. The second kappa shape index (κ2) is 12.6. The van der Waals surface area contributed by atoms with Crippen LogP contribution in [0.15, 0.2) is 89.8 Å². The van der Waals surface area contributed by atoms with E-state index in [9.17, 15) is 14.4 Å². The summed E-state index contributed by atoms with van der Waals surface area (Å²) in [5.74, 6) is 0.195. The molecule has 0 radical (unpaired) electrons. The van der Waals surface area contributed by atoms with Crippen LogP contribution in [0.4, 0.5) is 10.5 Å². The van der Waals surface area contributed by atoms with E-state index in [4.69, 9.17) is 9.47 Å². The standard InChI is InChI=1S/C31H25IN2O5S/c1-2-38-26-16-21(15-24(32)29(26)39-19-20-9-4-3-5-10-20)17-27-30(36)34(31(37)40-27)18-28(35)33-25-14-8-12-22-11-6-7-13-23(22)25/h3-17H,2,18-19H2,1H3,(H,33,35)/b27-17+. The van der Waals surface area contributed by atoms with E-state index >= 15 is 0 Å². The molecule has 40 heavy (non-hydrogen) atoms. The van der Waals surface area contributed by atoms with Gasteiger partial charge in [0.1, 0.15) is 13.2 Å². The van der Waals surface area contributed by atoms with Crippen molar-refractivity contribution >= 4 is 73.9 Å². The number of fused-ring (bicyclic) bond motifs is 1. The molecule has 202 valence electrons. The number of anilines is 1. The van der Waals surface area contributed by atoms with E-state index in [2.05, 4.69) is 27.9 Å². The fourth-order valence-corrected chi connectivity index (χ4v) is 5.88. The van der Waals surface area contributed by atoms with Crippen molar-refractivity contribution < 1.29 is 23.9 Å². The molecule has 4 aromatic carbocycles. The van der Waals surface area contributed by atoms with Crippen molar-refractivity contribution in [3.05, 3.63) is 105 Å². The normalized spacial score (nSPS) is 14.2. The van der Waals surface area contributed by atoms with Crippen LogP contribution in [0.2, 0.25) is 0 Å². The zero-order chi connectivity index (χ0) is 28.1. The highest BCUT2D eigenvalue weighted by Crippen LogP contribution is 2.38. The summed E-state index contributed by atoms with van der Waals surface area (Å²) in [6.45, 7) is 2.33. The van der Waals surface area contributed by atoms with Gasteiger partial charge >= 0.3 is 0 Å². The number of amides is 3. The maximum absolute atomic E-state index is 13.1. The van der Waals surface area contributed by atoms with Crippen molar-refractivity contribution in [2.45, 2.75) is 13.5 Å². The Labute approximate surface area is 249 Å². The van der Waals surface area contributed by atoms with Crippen molar-refractivity contribution in [2.24, 2.45) is 0 Å². The third kappa shape index (κ3) is 6.31. The highest BCUT2D eigenvalue weighted by Gasteiger charge is 2.36. The van der Waals surface area contributed by atoms with Gasteiger partial charge in [0.15, 0.2) is 11.5 Å². The SMILES string of the molecule is CCOc1cc(/C=C2/SC(=O)N(CC(=O)Nc3cccc4ccccc34)C2=O)cc(I)c1OCc1ccccc1. The summed E-state index contributed by atoms with van der Waals surface area (Å²) in [6, 6.07) is 26.7. The molecule has 0 aromatic heterocycles. The Morgan fingerprint density at radius 1 is 0.975 bits per heavy atom. The van der Waals surface area contributed by atoms with E-state index in [1.54, 1.807) is 18.2 Å². The van der Waals surface area contributed by atoms with Crippen LogP contribution in [0.5, 0.6) is 11.5 Å².